The van der Waals surface area contributed by atoms with Gasteiger partial charge in [-0.1, -0.05) is 66.7 Å². The maximum absolute atomic E-state index is 13.7. The normalized spacial score (nSPS) is 11.1. The highest BCUT2D eigenvalue weighted by Crippen LogP contribution is 2.37. The molecule has 29 heavy (non-hydrogen) atoms. The highest BCUT2D eigenvalue weighted by molar-refractivity contribution is 6.02. The van der Waals surface area contributed by atoms with E-state index in [9.17, 15) is 4.79 Å². The first-order valence-corrected chi connectivity index (χ1v) is 9.86. The van der Waals surface area contributed by atoms with E-state index in [1.54, 1.807) is 6.08 Å². The Hall–Kier alpha value is -3.33. The summed E-state index contributed by atoms with van der Waals surface area (Å²) >= 11 is 0. The van der Waals surface area contributed by atoms with Crippen molar-refractivity contribution in [3.8, 4) is 5.75 Å². The molecule has 3 rings (SSSR count). The molecule has 0 fully saturated rings. The lowest BCUT2D eigenvalue weighted by molar-refractivity contribution is -0.120. The van der Waals surface area contributed by atoms with Crippen LogP contribution in [0, 0.1) is 0 Å². The van der Waals surface area contributed by atoms with Gasteiger partial charge in [0.2, 0.25) is 5.91 Å². The van der Waals surface area contributed by atoms with Crippen molar-refractivity contribution in [3.63, 3.8) is 0 Å². The van der Waals surface area contributed by atoms with Crippen molar-refractivity contribution >= 4 is 11.6 Å². The van der Waals surface area contributed by atoms with E-state index >= 15 is 0 Å². The van der Waals surface area contributed by atoms with E-state index in [2.05, 4.69) is 11.9 Å². The van der Waals surface area contributed by atoms with Gasteiger partial charge in [0, 0.05) is 5.69 Å². The maximum Gasteiger partial charge on any atom is 0.239 e. The van der Waals surface area contributed by atoms with Gasteiger partial charge in [-0.2, -0.15) is 0 Å². The third-order valence-corrected chi connectivity index (χ3v) is 4.86. The Morgan fingerprint density at radius 3 is 1.90 bits per heavy atom. The van der Waals surface area contributed by atoms with Crippen LogP contribution in [0.15, 0.2) is 97.6 Å². The molecule has 0 aromatic heterocycles. The van der Waals surface area contributed by atoms with Gasteiger partial charge in [-0.25, -0.2) is 0 Å². The topological polar surface area (TPSA) is 38.3 Å². The number of amides is 1. The zero-order valence-electron chi connectivity index (χ0n) is 17.0. The summed E-state index contributed by atoms with van der Waals surface area (Å²) in [6.07, 6.45) is 2.40. The SMILES string of the molecule is C=CCC(C(=O)Nc1ccc(OC(C)C)cc1)(c1ccccc1)c1ccccc1. The van der Waals surface area contributed by atoms with E-state index < -0.39 is 5.41 Å². The van der Waals surface area contributed by atoms with E-state index in [0.29, 0.717) is 6.42 Å². The Bertz CT molecular complexity index is 892. The predicted molar refractivity (Wildman–Crippen MR) is 119 cm³/mol. The lowest BCUT2D eigenvalue weighted by Gasteiger charge is -2.33. The van der Waals surface area contributed by atoms with Crippen LogP contribution in [0.5, 0.6) is 5.75 Å². The number of benzene rings is 3. The first-order valence-electron chi connectivity index (χ1n) is 9.86. The molecule has 0 saturated carbocycles. The maximum atomic E-state index is 13.7. The molecule has 0 spiro atoms. The van der Waals surface area contributed by atoms with E-state index in [1.807, 2.05) is 98.8 Å². The number of hydrogen-bond donors (Lipinski definition) is 1. The molecule has 0 bridgehead atoms. The van der Waals surface area contributed by atoms with Gasteiger partial charge in [-0.3, -0.25) is 4.79 Å². The van der Waals surface area contributed by atoms with E-state index in [0.717, 1.165) is 22.6 Å². The number of carbonyl (C=O) groups excluding carboxylic acids is 1. The standard InChI is InChI=1S/C26H27NO2/c1-4-19-26(21-11-7-5-8-12-21,22-13-9-6-10-14-22)25(28)27-23-15-17-24(18-16-23)29-20(2)3/h4-18,20H,1,19H2,2-3H3,(H,27,28). The minimum atomic E-state index is -0.864. The van der Waals surface area contributed by atoms with Crippen LogP contribution in [0.1, 0.15) is 31.4 Å². The Morgan fingerprint density at radius 1 is 0.931 bits per heavy atom. The smallest absolute Gasteiger partial charge is 0.239 e. The molecule has 0 aliphatic carbocycles. The Kier molecular flexibility index (Phi) is 6.50. The van der Waals surface area contributed by atoms with Crippen molar-refractivity contribution in [3.05, 3.63) is 109 Å². The molecule has 3 aromatic rings. The summed E-state index contributed by atoms with van der Waals surface area (Å²) in [5, 5.41) is 3.10. The molecule has 148 valence electrons. The molecule has 3 heteroatoms. The Morgan fingerprint density at radius 2 is 1.45 bits per heavy atom. The highest BCUT2D eigenvalue weighted by atomic mass is 16.5. The first-order chi connectivity index (χ1) is 14.1. The van der Waals surface area contributed by atoms with Crippen LogP contribution < -0.4 is 10.1 Å². The third-order valence-electron chi connectivity index (χ3n) is 4.86. The van der Waals surface area contributed by atoms with E-state index in [4.69, 9.17) is 4.74 Å². The first kappa shape index (κ1) is 20.4. The van der Waals surface area contributed by atoms with Crippen molar-refractivity contribution in [2.24, 2.45) is 0 Å². The van der Waals surface area contributed by atoms with Gasteiger partial charge in [0.1, 0.15) is 11.2 Å². The lowest BCUT2D eigenvalue weighted by Crippen LogP contribution is -2.41. The summed E-state index contributed by atoms with van der Waals surface area (Å²) in [4.78, 5) is 13.7. The molecule has 0 aliphatic rings. The third kappa shape index (κ3) is 4.57. The van der Waals surface area contributed by atoms with Gasteiger partial charge >= 0.3 is 0 Å². The molecular weight excluding hydrogens is 358 g/mol. The largest absolute Gasteiger partial charge is 0.491 e. The highest BCUT2D eigenvalue weighted by Gasteiger charge is 2.40. The van der Waals surface area contributed by atoms with E-state index in [-0.39, 0.29) is 12.0 Å². The summed E-state index contributed by atoms with van der Waals surface area (Å²) in [6, 6.07) is 27.2. The lowest BCUT2D eigenvalue weighted by atomic mass is 9.71. The molecule has 1 amide bonds. The molecule has 0 radical (unpaired) electrons. The molecule has 0 atom stereocenters. The van der Waals surface area contributed by atoms with Gasteiger partial charge in [0.05, 0.1) is 6.10 Å². The molecule has 0 aliphatic heterocycles. The number of ether oxygens (including phenoxy) is 1. The molecule has 3 aromatic carbocycles. The van der Waals surface area contributed by atoms with Crippen molar-refractivity contribution in [1.29, 1.82) is 0 Å². The summed E-state index contributed by atoms with van der Waals surface area (Å²) < 4.78 is 5.69. The summed E-state index contributed by atoms with van der Waals surface area (Å²) in [5.74, 6) is 0.689. The average Bonchev–Trinajstić information content (AvgIpc) is 2.74. The fourth-order valence-corrected chi connectivity index (χ4v) is 3.55. The van der Waals surface area contributed by atoms with Crippen molar-refractivity contribution in [1.82, 2.24) is 0 Å². The minimum Gasteiger partial charge on any atom is -0.491 e. The number of rotatable bonds is 8. The van der Waals surface area contributed by atoms with Crippen LogP contribution in [0.4, 0.5) is 5.69 Å². The van der Waals surface area contributed by atoms with Crippen LogP contribution in [0.2, 0.25) is 0 Å². The molecule has 1 N–H and O–H groups in total. The van der Waals surface area contributed by atoms with Crippen LogP contribution in [-0.4, -0.2) is 12.0 Å². The number of hydrogen-bond acceptors (Lipinski definition) is 2. The van der Waals surface area contributed by atoms with Gasteiger partial charge < -0.3 is 10.1 Å². The zero-order valence-corrected chi connectivity index (χ0v) is 17.0. The van der Waals surface area contributed by atoms with Crippen LogP contribution in [0.3, 0.4) is 0 Å². The predicted octanol–water partition coefficient (Wildman–Crippen LogP) is 5.97. The molecule has 3 nitrogen and oxygen atoms in total. The van der Waals surface area contributed by atoms with Gasteiger partial charge in [-0.05, 0) is 55.7 Å². The fraction of sp³-hybridized carbons (Fsp3) is 0.192. The molecule has 0 heterocycles. The monoisotopic (exact) mass is 385 g/mol. The number of allylic oxidation sites excluding steroid dienone is 1. The van der Waals surface area contributed by atoms with Crippen molar-refractivity contribution in [2.75, 3.05) is 5.32 Å². The molecule has 0 saturated heterocycles. The fourth-order valence-electron chi connectivity index (χ4n) is 3.55. The summed E-state index contributed by atoms with van der Waals surface area (Å²) in [6.45, 7) is 7.90. The van der Waals surface area contributed by atoms with Crippen molar-refractivity contribution < 1.29 is 9.53 Å². The number of anilines is 1. The van der Waals surface area contributed by atoms with Crippen molar-refractivity contribution in [2.45, 2.75) is 31.8 Å². The molecule has 0 unspecified atom stereocenters. The molecular formula is C26H27NO2. The van der Waals surface area contributed by atoms with Crippen LogP contribution >= 0.6 is 0 Å². The van der Waals surface area contributed by atoms with Gasteiger partial charge in [-0.15, -0.1) is 6.58 Å². The van der Waals surface area contributed by atoms with E-state index in [1.165, 1.54) is 0 Å². The Labute approximate surface area is 173 Å². The Balaban J connectivity index is 1.99. The number of carbonyl (C=O) groups is 1. The zero-order chi connectivity index (χ0) is 20.7. The second-order valence-corrected chi connectivity index (χ2v) is 7.28. The quantitative estimate of drug-likeness (QED) is 0.485. The summed E-state index contributed by atoms with van der Waals surface area (Å²) in [5.41, 5.74) is 1.73. The average molecular weight is 386 g/mol. The van der Waals surface area contributed by atoms with Crippen LogP contribution in [0.25, 0.3) is 0 Å². The minimum absolute atomic E-state index is 0.0904. The van der Waals surface area contributed by atoms with Gasteiger partial charge in [0.25, 0.3) is 0 Å². The summed E-state index contributed by atoms with van der Waals surface area (Å²) in [7, 11) is 0. The second kappa shape index (κ2) is 9.24. The number of nitrogens with one attached hydrogen (secondary N) is 1. The van der Waals surface area contributed by atoms with Crippen LogP contribution in [-0.2, 0) is 10.2 Å². The van der Waals surface area contributed by atoms with Gasteiger partial charge in [0.15, 0.2) is 0 Å². The second-order valence-electron chi connectivity index (χ2n) is 7.28.